The third-order valence-electron chi connectivity index (χ3n) is 3.33. The van der Waals surface area contributed by atoms with Gasteiger partial charge in [-0.15, -0.1) is 5.70 Å². The summed E-state index contributed by atoms with van der Waals surface area (Å²) in [6.07, 6.45) is 0.890. The minimum atomic E-state index is -1.14. The van der Waals surface area contributed by atoms with Gasteiger partial charge in [-0.25, -0.2) is 4.79 Å². The van der Waals surface area contributed by atoms with E-state index in [4.69, 9.17) is 5.11 Å². The molecular weight excluding hydrogens is 288 g/mol. The minimum absolute atomic E-state index is 0.00482. The Kier molecular flexibility index (Phi) is 10.3. The molecule has 0 radical (unpaired) electrons. The molecule has 6 heteroatoms. The molecule has 0 heterocycles. The summed E-state index contributed by atoms with van der Waals surface area (Å²) < 4.78 is 5.22. The van der Waals surface area contributed by atoms with Crippen LogP contribution in [0.1, 0.15) is 40.5 Å². The molecule has 0 saturated heterocycles. The summed E-state index contributed by atoms with van der Waals surface area (Å²) >= 11 is 0. The van der Waals surface area contributed by atoms with Crippen molar-refractivity contribution in [1.29, 1.82) is 0 Å². The second-order valence-electron chi connectivity index (χ2n) is 6.26. The Morgan fingerprint density at radius 2 is 1.95 bits per heavy atom. The van der Waals surface area contributed by atoms with Gasteiger partial charge in [-0.2, -0.15) is 0 Å². The number of unbranched alkanes of at least 4 members (excludes halogenated alkanes) is 1. The highest BCUT2D eigenvalue weighted by Gasteiger charge is 2.17. The van der Waals surface area contributed by atoms with E-state index in [-0.39, 0.29) is 28.6 Å². The summed E-state index contributed by atoms with van der Waals surface area (Å²) in [4.78, 5) is 10.2. The maximum Gasteiger partial charge on any atom is 0.505 e. The van der Waals surface area contributed by atoms with Gasteiger partial charge in [0, 0.05) is 28.6 Å². The van der Waals surface area contributed by atoms with E-state index in [1.165, 1.54) is 11.6 Å². The SMILES string of the molecule is CC(C)=C[SiH2]C[SiH2]C(C)(C)[SiH2]CCCCOC(=O)O. The second kappa shape index (κ2) is 10.4. The van der Waals surface area contributed by atoms with Crippen molar-refractivity contribution in [2.75, 3.05) is 6.61 Å². The molecule has 0 aliphatic heterocycles. The molecule has 0 bridgehead atoms. The van der Waals surface area contributed by atoms with Gasteiger partial charge >= 0.3 is 6.16 Å². The number of carboxylic acid groups (broad SMARTS) is 1. The zero-order chi connectivity index (χ0) is 14.7. The van der Waals surface area contributed by atoms with Crippen LogP contribution in [0.15, 0.2) is 11.3 Å². The van der Waals surface area contributed by atoms with Crippen molar-refractivity contribution in [3.8, 4) is 0 Å². The fraction of sp³-hybridized carbons (Fsp3) is 0.769. The van der Waals surface area contributed by atoms with Gasteiger partial charge in [0.05, 0.1) is 6.61 Å². The predicted molar refractivity (Wildman–Crippen MR) is 91.9 cm³/mol. The van der Waals surface area contributed by atoms with Gasteiger partial charge in [0.2, 0.25) is 0 Å². The maximum atomic E-state index is 10.2. The molecular formula is C13H30O3Si3. The fourth-order valence-electron chi connectivity index (χ4n) is 2.14. The van der Waals surface area contributed by atoms with Crippen LogP contribution >= 0.6 is 0 Å². The van der Waals surface area contributed by atoms with E-state index in [0.29, 0.717) is 11.3 Å². The Bertz CT molecular complexity index is 287. The van der Waals surface area contributed by atoms with E-state index in [1.807, 2.05) is 0 Å². The molecule has 0 aliphatic carbocycles. The molecule has 0 aromatic heterocycles. The van der Waals surface area contributed by atoms with Crippen LogP contribution in [0.3, 0.4) is 0 Å². The molecule has 1 N–H and O–H groups in total. The first kappa shape index (κ1) is 18.7. The summed E-state index contributed by atoms with van der Waals surface area (Å²) in [6, 6.07) is 1.34. The Hall–Kier alpha value is -0.339. The van der Waals surface area contributed by atoms with Crippen LogP contribution in [0.25, 0.3) is 0 Å². The van der Waals surface area contributed by atoms with Crippen molar-refractivity contribution >= 4 is 34.7 Å². The topological polar surface area (TPSA) is 46.5 Å². The number of hydrogen-bond donors (Lipinski definition) is 1. The summed E-state index contributed by atoms with van der Waals surface area (Å²) in [7, 11) is 0.177. The zero-order valence-corrected chi connectivity index (χ0v) is 17.2. The highest BCUT2D eigenvalue weighted by atomic mass is 28.3. The smallest absolute Gasteiger partial charge is 0.450 e. The average molecular weight is 319 g/mol. The molecule has 0 amide bonds. The number of rotatable bonds is 10. The van der Waals surface area contributed by atoms with Gasteiger partial charge in [-0.05, 0) is 20.3 Å². The van der Waals surface area contributed by atoms with E-state index in [2.05, 4.69) is 38.1 Å². The van der Waals surface area contributed by atoms with Crippen LogP contribution in [0.5, 0.6) is 0 Å². The van der Waals surface area contributed by atoms with E-state index in [9.17, 15) is 4.79 Å². The Morgan fingerprint density at radius 3 is 2.53 bits per heavy atom. The molecule has 0 aliphatic rings. The molecule has 0 fully saturated rings. The summed E-state index contributed by atoms with van der Waals surface area (Å²) in [6.45, 7) is 9.71. The molecule has 0 aromatic carbocycles. The first-order valence-corrected chi connectivity index (χ1v) is 12.6. The average Bonchev–Trinajstić information content (AvgIpc) is 2.28. The second-order valence-corrected chi connectivity index (χ2v) is 16.6. The number of carbonyl (C=O) groups is 1. The van der Waals surface area contributed by atoms with Gasteiger partial charge in [-0.3, -0.25) is 0 Å². The number of allylic oxidation sites excluding steroid dienone is 1. The van der Waals surface area contributed by atoms with Crippen molar-refractivity contribution in [3.05, 3.63) is 11.3 Å². The van der Waals surface area contributed by atoms with Crippen LogP contribution in [-0.2, 0) is 4.74 Å². The van der Waals surface area contributed by atoms with Crippen LogP contribution < -0.4 is 0 Å². The van der Waals surface area contributed by atoms with Crippen molar-refractivity contribution in [3.63, 3.8) is 0 Å². The molecule has 0 saturated carbocycles. The monoisotopic (exact) mass is 318 g/mol. The standard InChI is InChI=1S/C13H30O3Si3/c1-11(2)9-17-10-19-13(3,4)18-8-6-5-7-16-12(14)15/h9H,5-8,10,17-19H2,1-4H3,(H,14,15). The highest BCUT2D eigenvalue weighted by molar-refractivity contribution is 6.69. The molecule has 19 heavy (non-hydrogen) atoms. The highest BCUT2D eigenvalue weighted by Crippen LogP contribution is 2.23. The van der Waals surface area contributed by atoms with Crippen LogP contribution in [0.2, 0.25) is 16.4 Å². The van der Waals surface area contributed by atoms with Gasteiger partial charge in [0.15, 0.2) is 0 Å². The van der Waals surface area contributed by atoms with E-state index >= 15 is 0 Å². The van der Waals surface area contributed by atoms with Gasteiger partial charge in [-0.1, -0.05) is 42.2 Å². The van der Waals surface area contributed by atoms with Gasteiger partial charge in [0.1, 0.15) is 0 Å². The van der Waals surface area contributed by atoms with E-state index in [0.717, 1.165) is 12.8 Å². The quantitative estimate of drug-likeness (QED) is 0.380. The Balaban J connectivity index is 3.56. The van der Waals surface area contributed by atoms with E-state index in [1.54, 1.807) is 5.67 Å². The number of hydrogen-bond acceptors (Lipinski definition) is 2. The van der Waals surface area contributed by atoms with Crippen molar-refractivity contribution in [2.45, 2.75) is 56.9 Å². The first-order valence-electron chi connectivity index (χ1n) is 7.32. The summed E-state index contributed by atoms with van der Waals surface area (Å²) in [5.74, 6) is 0. The van der Waals surface area contributed by atoms with Crippen LogP contribution in [-0.4, -0.2) is 46.4 Å². The molecule has 0 aromatic rings. The van der Waals surface area contributed by atoms with Gasteiger partial charge < -0.3 is 9.84 Å². The first-order chi connectivity index (χ1) is 8.83. The third kappa shape index (κ3) is 13.9. The molecule has 3 nitrogen and oxygen atoms in total. The lowest BCUT2D eigenvalue weighted by Crippen LogP contribution is -2.21. The Labute approximate surface area is 124 Å². The van der Waals surface area contributed by atoms with Crippen molar-refractivity contribution in [1.82, 2.24) is 0 Å². The normalized spacial score (nSPS) is 13.1. The number of ether oxygens (including phenoxy) is 1. The third-order valence-corrected chi connectivity index (χ3v) is 13.2. The fourth-order valence-corrected chi connectivity index (χ4v) is 13.7. The predicted octanol–water partition coefficient (Wildman–Crippen LogP) is 1.84. The Morgan fingerprint density at radius 1 is 1.26 bits per heavy atom. The van der Waals surface area contributed by atoms with Crippen molar-refractivity contribution in [2.24, 2.45) is 0 Å². The zero-order valence-electron chi connectivity index (χ0n) is 13.0. The lowest BCUT2D eigenvalue weighted by molar-refractivity contribution is 0.0905. The maximum absolute atomic E-state index is 10.2. The minimum Gasteiger partial charge on any atom is -0.450 e. The van der Waals surface area contributed by atoms with E-state index < -0.39 is 6.16 Å². The van der Waals surface area contributed by atoms with Crippen LogP contribution in [0.4, 0.5) is 4.79 Å². The molecule has 112 valence electrons. The molecule has 0 atom stereocenters. The summed E-state index contributed by atoms with van der Waals surface area (Å²) in [5, 5.41) is 8.35. The molecule has 0 rings (SSSR count). The molecule has 0 unspecified atom stereocenters. The van der Waals surface area contributed by atoms with Crippen molar-refractivity contribution < 1.29 is 14.6 Å². The van der Waals surface area contributed by atoms with Gasteiger partial charge in [0.25, 0.3) is 0 Å². The largest absolute Gasteiger partial charge is 0.505 e. The lowest BCUT2D eigenvalue weighted by atomic mass is 10.4. The molecule has 0 spiro atoms. The summed E-state index contributed by atoms with van der Waals surface area (Å²) in [5.41, 5.74) is 5.55. The van der Waals surface area contributed by atoms with Crippen LogP contribution in [0, 0.1) is 0 Å². The lowest BCUT2D eigenvalue weighted by Gasteiger charge is -2.23.